The number of rotatable bonds is 3. The number of hydrogen-bond acceptors (Lipinski definition) is 1. The SMILES string of the molecule is C=C=CCOCC. The highest BCUT2D eigenvalue weighted by molar-refractivity contribution is 4.74. The van der Waals surface area contributed by atoms with Gasteiger partial charge in [-0.3, -0.25) is 0 Å². The maximum absolute atomic E-state index is 4.92. The van der Waals surface area contributed by atoms with Crippen molar-refractivity contribution in [3.05, 3.63) is 18.4 Å². The van der Waals surface area contributed by atoms with E-state index < -0.39 is 0 Å². The Kier molecular flexibility index (Phi) is 5.07. The summed E-state index contributed by atoms with van der Waals surface area (Å²) in [5.41, 5.74) is 2.60. The van der Waals surface area contributed by atoms with Crippen molar-refractivity contribution in [2.45, 2.75) is 6.92 Å². The van der Waals surface area contributed by atoms with Crippen molar-refractivity contribution in [1.82, 2.24) is 0 Å². The molecule has 0 aliphatic heterocycles. The second kappa shape index (κ2) is 5.48. The van der Waals surface area contributed by atoms with Crippen LogP contribution in [-0.2, 0) is 4.74 Å². The van der Waals surface area contributed by atoms with Gasteiger partial charge in [0.1, 0.15) is 0 Å². The van der Waals surface area contributed by atoms with E-state index in [1.807, 2.05) is 6.92 Å². The minimum Gasteiger partial charge on any atom is -0.377 e. The van der Waals surface area contributed by atoms with E-state index >= 15 is 0 Å². The van der Waals surface area contributed by atoms with Gasteiger partial charge in [0.05, 0.1) is 6.61 Å². The van der Waals surface area contributed by atoms with Crippen LogP contribution in [0.25, 0.3) is 0 Å². The lowest BCUT2D eigenvalue weighted by Crippen LogP contribution is -1.86. The highest BCUT2D eigenvalue weighted by Gasteiger charge is 1.69. The molecular formula is C6H10O. The Morgan fingerprint density at radius 2 is 2.57 bits per heavy atom. The molecule has 0 aliphatic rings. The first-order valence-electron chi connectivity index (χ1n) is 2.33. The molecule has 1 nitrogen and oxygen atoms in total. The molecule has 0 aliphatic carbocycles. The van der Waals surface area contributed by atoms with Crippen LogP contribution in [0.3, 0.4) is 0 Å². The molecule has 0 saturated carbocycles. The summed E-state index contributed by atoms with van der Waals surface area (Å²) in [6.07, 6.45) is 1.75. The van der Waals surface area contributed by atoms with E-state index in [0.29, 0.717) is 6.61 Å². The summed E-state index contributed by atoms with van der Waals surface area (Å²) >= 11 is 0. The maximum Gasteiger partial charge on any atom is 0.0720 e. The molecule has 0 aromatic heterocycles. The lowest BCUT2D eigenvalue weighted by molar-refractivity contribution is 0.177. The van der Waals surface area contributed by atoms with E-state index in [-0.39, 0.29) is 0 Å². The molecule has 0 rings (SSSR count). The molecule has 0 unspecified atom stereocenters. The fourth-order valence-electron chi connectivity index (χ4n) is 0.236. The molecule has 0 heterocycles. The van der Waals surface area contributed by atoms with Crippen molar-refractivity contribution in [2.75, 3.05) is 13.2 Å². The summed E-state index contributed by atoms with van der Waals surface area (Å²) in [6.45, 7) is 6.73. The molecule has 0 atom stereocenters. The Morgan fingerprint density at radius 1 is 1.86 bits per heavy atom. The summed E-state index contributed by atoms with van der Waals surface area (Å²) in [6, 6.07) is 0. The lowest BCUT2D eigenvalue weighted by atomic mass is 10.6. The third-order valence-electron chi connectivity index (χ3n) is 0.550. The van der Waals surface area contributed by atoms with E-state index in [4.69, 9.17) is 4.74 Å². The van der Waals surface area contributed by atoms with Crippen molar-refractivity contribution in [3.63, 3.8) is 0 Å². The van der Waals surface area contributed by atoms with E-state index in [1.165, 1.54) is 0 Å². The van der Waals surface area contributed by atoms with Crippen LogP contribution in [0.2, 0.25) is 0 Å². The van der Waals surface area contributed by atoms with Crippen molar-refractivity contribution in [3.8, 4) is 0 Å². The summed E-state index contributed by atoms with van der Waals surface area (Å²) in [5, 5.41) is 0. The van der Waals surface area contributed by atoms with Gasteiger partial charge in [-0.1, -0.05) is 6.58 Å². The van der Waals surface area contributed by atoms with Gasteiger partial charge < -0.3 is 4.74 Å². The fourth-order valence-corrected chi connectivity index (χ4v) is 0.236. The van der Waals surface area contributed by atoms with E-state index in [1.54, 1.807) is 6.08 Å². The van der Waals surface area contributed by atoms with Crippen molar-refractivity contribution >= 4 is 0 Å². The number of ether oxygens (including phenoxy) is 1. The van der Waals surface area contributed by atoms with E-state index in [9.17, 15) is 0 Å². The van der Waals surface area contributed by atoms with Gasteiger partial charge in [-0.25, -0.2) is 0 Å². The highest BCUT2D eigenvalue weighted by atomic mass is 16.5. The first-order chi connectivity index (χ1) is 3.41. The second-order valence-corrected chi connectivity index (χ2v) is 1.07. The van der Waals surface area contributed by atoms with Crippen LogP contribution in [0.5, 0.6) is 0 Å². The van der Waals surface area contributed by atoms with Crippen molar-refractivity contribution in [1.29, 1.82) is 0 Å². The van der Waals surface area contributed by atoms with Crippen molar-refractivity contribution < 1.29 is 4.74 Å². The normalized spacial score (nSPS) is 7.57. The van der Waals surface area contributed by atoms with Gasteiger partial charge in [0.15, 0.2) is 0 Å². The summed E-state index contributed by atoms with van der Waals surface area (Å²) < 4.78 is 4.92. The fraction of sp³-hybridized carbons (Fsp3) is 0.500. The minimum absolute atomic E-state index is 0.639. The number of hydrogen-bond donors (Lipinski definition) is 0. The molecule has 40 valence electrons. The molecule has 0 N–H and O–H groups in total. The Morgan fingerprint density at radius 3 is 3.00 bits per heavy atom. The average Bonchev–Trinajstić information content (AvgIpc) is 1.69. The summed E-state index contributed by atoms with van der Waals surface area (Å²) in [5.74, 6) is 0. The Bertz CT molecular complexity index is 70.2. The molecule has 0 aromatic carbocycles. The quantitative estimate of drug-likeness (QED) is 0.382. The Hall–Kier alpha value is -0.520. The van der Waals surface area contributed by atoms with Crippen LogP contribution in [0.15, 0.2) is 18.4 Å². The van der Waals surface area contributed by atoms with E-state index in [0.717, 1.165) is 6.61 Å². The van der Waals surface area contributed by atoms with Gasteiger partial charge in [-0.05, 0) is 13.0 Å². The van der Waals surface area contributed by atoms with Crippen LogP contribution < -0.4 is 0 Å². The predicted octanol–water partition coefficient (Wildman–Crippen LogP) is 1.36. The van der Waals surface area contributed by atoms with Crippen molar-refractivity contribution in [2.24, 2.45) is 0 Å². The van der Waals surface area contributed by atoms with Gasteiger partial charge in [-0.2, -0.15) is 0 Å². The third kappa shape index (κ3) is 5.48. The second-order valence-electron chi connectivity index (χ2n) is 1.07. The molecule has 0 fully saturated rings. The molecular weight excluding hydrogens is 88.1 g/mol. The molecule has 0 amide bonds. The summed E-state index contributed by atoms with van der Waals surface area (Å²) in [4.78, 5) is 0. The van der Waals surface area contributed by atoms with Gasteiger partial charge in [0, 0.05) is 6.61 Å². The maximum atomic E-state index is 4.92. The molecule has 0 radical (unpaired) electrons. The van der Waals surface area contributed by atoms with Gasteiger partial charge in [0.25, 0.3) is 0 Å². The topological polar surface area (TPSA) is 9.23 Å². The first kappa shape index (κ1) is 6.48. The van der Waals surface area contributed by atoms with Gasteiger partial charge in [0.2, 0.25) is 0 Å². The van der Waals surface area contributed by atoms with Crippen LogP contribution in [0.1, 0.15) is 6.92 Å². The average molecular weight is 98.1 g/mol. The Labute approximate surface area is 44.3 Å². The Balaban J connectivity index is 2.83. The zero-order chi connectivity index (χ0) is 5.54. The molecule has 1 heteroatoms. The van der Waals surface area contributed by atoms with E-state index in [2.05, 4.69) is 12.3 Å². The monoisotopic (exact) mass is 98.1 g/mol. The first-order valence-corrected chi connectivity index (χ1v) is 2.33. The van der Waals surface area contributed by atoms with Gasteiger partial charge >= 0.3 is 0 Å². The summed E-state index contributed by atoms with van der Waals surface area (Å²) in [7, 11) is 0. The van der Waals surface area contributed by atoms with Gasteiger partial charge in [-0.15, -0.1) is 5.73 Å². The lowest BCUT2D eigenvalue weighted by Gasteiger charge is -1.88. The minimum atomic E-state index is 0.639. The van der Waals surface area contributed by atoms with Crippen LogP contribution in [-0.4, -0.2) is 13.2 Å². The molecule has 0 spiro atoms. The zero-order valence-electron chi connectivity index (χ0n) is 4.61. The zero-order valence-corrected chi connectivity index (χ0v) is 4.61. The van der Waals surface area contributed by atoms with Crippen LogP contribution in [0.4, 0.5) is 0 Å². The molecule has 7 heavy (non-hydrogen) atoms. The van der Waals surface area contributed by atoms with Crippen LogP contribution in [0, 0.1) is 0 Å². The van der Waals surface area contributed by atoms with Crippen LogP contribution >= 0.6 is 0 Å². The largest absolute Gasteiger partial charge is 0.377 e. The molecule has 0 aromatic rings. The predicted molar refractivity (Wildman–Crippen MR) is 30.2 cm³/mol. The molecule has 0 bridgehead atoms. The smallest absolute Gasteiger partial charge is 0.0720 e. The standard InChI is InChI=1S/C6H10O/c1-3-5-6-7-4-2/h5H,1,4,6H2,2H3. The molecule has 0 saturated heterocycles. The highest BCUT2D eigenvalue weighted by Crippen LogP contribution is 1.70. The third-order valence-corrected chi connectivity index (χ3v) is 0.550.